The van der Waals surface area contributed by atoms with Gasteiger partial charge in [-0.1, -0.05) is 18.2 Å². The number of rotatable bonds is 0. The molecule has 0 bridgehead atoms. The summed E-state index contributed by atoms with van der Waals surface area (Å²) in [6.45, 7) is 1.86. The van der Waals surface area contributed by atoms with Crippen LogP contribution in [0.5, 0.6) is 0 Å². The molecule has 1 radical (unpaired) electrons. The van der Waals surface area contributed by atoms with Crippen molar-refractivity contribution in [3.05, 3.63) is 18.2 Å². The van der Waals surface area contributed by atoms with Gasteiger partial charge in [-0.25, -0.2) is 0 Å². The fourth-order valence-corrected chi connectivity index (χ4v) is 0.316. The van der Waals surface area contributed by atoms with E-state index in [1.54, 1.807) is 12.4 Å². The van der Waals surface area contributed by atoms with Crippen LogP contribution in [0, 0.1) is 6.92 Å². The Hall–Kier alpha value is -0.284. The Morgan fingerprint density at radius 2 is 2.43 bits per heavy atom. The molecular weight excluding hydrogens is 135 g/mol. The van der Waals surface area contributed by atoms with Crippen molar-refractivity contribution in [3.8, 4) is 0 Å². The zero-order valence-electron chi connectivity index (χ0n) is 3.88. The summed E-state index contributed by atoms with van der Waals surface area (Å²) in [6.07, 6.45) is 3.35. The Kier molecular flexibility index (Phi) is 2.70. The Bertz CT molecular complexity index is 113. The number of hydrogen-bond donors (Lipinski definition) is 0. The maximum absolute atomic E-state index is 3.81. The van der Waals surface area contributed by atoms with Crippen LogP contribution in [0.25, 0.3) is 0 Å². The number of hydrogen-bond acceptors (Lipinski definition) is 1. The van der Waals surface area contributed by atoms with Gasteiger partial charge < -0.3 is 9.97 Å². The fourth-order valence-electron chi connectivity index (χ4n) is 0.316. The molecule has 7 heavy (non-hydrogen) atoms. The average molecular weight is 140 g/mol. The van der Waals surface area contributed by atoms with Crippen molar-refractivity contribution >= 4 is 0 Å². The molecule has 0 aliphatic rings. The first-order chi connectivity index (χ1) is 2.89. The van der Waals surface area contributed by atoms with Gasteiger partial charge >= 0.3 is 0 Å². The van der Waals surface area contributed by atoms with Crippen LogP contribution in [0.1, 0.15) is 5.82 Å². The summed E-state index contributed by atoms with van der Waals surface area (Å²) in [5, 5.41) is 0. The molecule has 0 spiro atoms. The minimum absolute atomic E-state index is 0. The first-order valence-electron chi connectivity index (χ1n) is 1.80. The van der Waals surface area contributed by atoms with Crippen molar-refractivity contribution in [3.63, 3.8) is 0 Å². The summed E-state index contributed by atoms with van der Waals surface area (Å²) in [6, 6.07) is 0. The number of nitrogens with zero attached hydrogens (tertiary/aromatic N) is 2. The minimum atomic E-state index is 0. The number of aromatic nitrogens is 2. The van der Waals surface area contributed by atoms with Gasteiger partial charge in [-0.05, 0) is 6.92 Å². The molecule has 1 aromatic heterocycles. The molecule has 3 heteroatoms. The Balaban J connectivity index is 0.000000360. The Labute approximate surface area is 52.5 Å². The van der Waals surface area contributed by atoms with E-state index in [1.165, 1.54) is 0 Å². The van der Waals surface area contributed by atoms with Gasteiger partial charge in [0.2, 0.25) is 0 Å². The molecule has 0 N–H and O–H groups in total. The summed E-state index contributed by atoms with van der Waals surface area (Å²) >= 11 is 0. The molecule has 1 heterocycles. The molecule has 41 valence electrons. The minimum Gasteiger partial charge on any atom is -0.447 e. The Morgan fingerprint density at radius 3 is 2.57 bits per heavy atom. The second-order valence-electron chi connectivity index (χ2n) is 1.10. The van der Waals surface area contributed by atoms with E-state index >= 15 is 0 Å². The van der Waals surface area contributed by atoms with Crippen molar-refractivity contribution in [2.45, 2.75) is 6.92 Å². The predicted molar refractivity (Wildman–Crippen MR) is 22.3 cm³/mol. The smallest absolute Gasteiger partial charge is 0 e. The molecule has 0 saturated carbocycles. The van der Waals surface area contributed by atoms with Gasteiger partial charge in [0.05, 0.1) is 0 Å². The third-order valence-electron chi connectivity index (χ3n) is 0.589. The fraction of sp³-hybridized carbons (Fsp3) is 0.250. The number of aryl methyl sites for hydroxylation is 1. The average Bonchev–Trinajstić information content (AvgIpc) is 1.86. The van der Waals surface area contributed by atoms with E-state index in [0.717, 1.165) is 5.82 Å². The molecule has 1 rings (SSSR count). The molecule has 0 aromatic carbocycles. The third kappa shape index (κ3) is 1.75. The normalized spacial score (nSPS) is 7.57. The van der Waals surface area contributed by atoms with E-state index < -0.39 is 0 Å². The van der Waals surface area contributed by atoms with Crippen LogP contribution >= 0.6 is 0 Å². The molecular formula is C4H5CoN2-. The van der Waals surface area contributed by atoms with Crippen LogP contribution in [0.2, 0.25) is 0 Å². The van der Waals surface area contributed by atoms with Crippen LogP contribution in [0.3, 0.4) is 0 Å². The molecule has 0 unspecified atom stereocenters. The van der Waals surface area contributed by atoms with Gasteiger partial charge in [0.15, 0.2) is 0 Å². The second-order valence-corrected chi connectivity index (χ2v) is 1.10. The maximum Gasteiger partial charge on any atom is 0 e. The summed E-state index contributed by atoms with van der Waals surface area (Å²) in [4.78, 5) is 7.61. The van der Waals surface area contributed by atoms with Crippen molar-refractivity contribution in [1.82, 2.24) is 9.97 Å². The largest absolute Gasteiger partial charge is 0.447 e. The molecule has 2 nitrogen and oxygen atoms in total. The first kappa shape index (κ1) is 6.72. The van der Waals surface area contributed by atoms with Gasteiger partial charge in [0.25, 0.3) is 0 Å². The van der Waals surface area contributed by atoms with Crippen LogP contribution in [0.15, 0.2) is 12.4 Å². The van der Waals surface area contributed by atoms with Crippen LogP contribution in [0.4, 0.5) is 0 Å². The van der Waals surface area contributed by atoms with Crippen molar-refractivity contribution in [2.24, 2.45) is 0 Å². The predicted octanol–water partition coefficient (Wildman–Crippen LogP) is 0.345. The molecule has 0 aliphatic heterocycles. The molecule has 0 amide bonds. The first-order valence-corrected chi connectivity index (χ1v) is 1.80. The van der Waals surface area contributed by atoms with Crippen LogP contribution in [-0.2, 0) is 16.8 Å². The molecule has 0 aliphatic carbocycles. The van der Waals surface area contributed by atoms with Crippen molar-refractivity contribution < 1.29 is 16.8 Å². The van der Waals surface area contributed by atoms with E-state index in [0.29, 0.717) is 0 Å². The molecule has 1 aromatic rings. The maximum atomic E-state index is 3.81. The monoisotopic (exact) mass is 140 g/mol. The zero-order chi connectivity index (χ0) is 4.41. The summed E-state index contributed by atoms with van der Waals surface area (Å²) in [5.41, 5.74) is 0. The van der Waals surface area contributed by atoms with Crippen molar-refractivity contribution in [1.29, 1.82) is 0 Å². The van der Waals surface area contributed by atoms with Crippen LogP contribution < -0.4 is 4.98 Å². The third-order valence-corrected chi connectivity index (χ3v) is 0.589. The van der Waals surface area contributed by atoms with Crippen molar-refractivity contribution in [2.75, 3.05) is 0 Å². The van der Waals surface area contributed by atoms with Gasteiger partial charge in [0, 0.05) is 16.8 Å². The Morgan fingerprint density at radius 1 is 1.71 bits per heavy atom. The summed E-state index contributed by atoms with van der Waals surface area (Å²) in [5.74, 6) is 0.843. The summed E-state index contributed by atoms with van der Waals surface area (Å²) in [7, 11) is 0. The van der Waals surface area contributed by atoms with E-state index in [1.807, 2.05) is 6.92 Å². The van der Waals surface area contributed by atoms with Gasteiger partial charge in [0.1, 0.15) is 0 Å². The quantitative estimate of drug-likeness (QED) is 0.519. The van der Waals surface area contributed by atoms with E-state index in [9.17, 15) is 0 Å². The molecule has 0 saturated heterocycles. The standard InChI is InChI=1S/C4H5N2.Co/c1-4-5-2-3-6-4;/h2-3H,1H3;/q-1;. The second kappa shape index (κ2) is 2.82. The topological polar surface area (TPSA) is 27.0 Å². The summed E-state index contributed by atoms with van der Waals surface area (Å²) < 4.78 is 0. The van der Waals surface area contributed by atoms with Gasteiger partial charge in [-0.15, -0.1) is 0 Å². The molecule has 0 atom stereocenters. The number of imidazole rings is 1. The zero-order valence-corrected chi connectivity index (χ0v) is 4.92. The van der Waals surface area contributed by atoms with Crippen LogP contribution in [-0.4, -0.2) is 4.98 Å². The SMILES string of the molecule is Cc1ncc[n-]1.[Co]. The van der Waals surface area contributed by atoms with E-state index in [2.05, 4.69) is 9.97 Å². The van der Waals surface area contributed by atoms with Gasteiger partial charge in [-0.2, -0.15) is 0 Å². The van der Waals surface area contributed by atoms with E-state index in [4.69, 9.17) is 0 Å². The molecule has 0 fully saturated rings. The van der Waals surface area contributed by atoms with E-state index in [-0.39, 0.29) is 16.8 Å². The van der Waals surface area contributed by atoms with Gasteiger partial charge in [-0.3, -0.25) is 0 Å².